The van der Waals surface area contributed by atoms with Crippen LogP contribution in [0.15, 0.2) is 54.6 Å². The predicted molar refractivity (Wildman–Crippen MR) is 200 cm³/mol. The van der Waals surface area contributed by atoms with Gasteiger partial charge in [-0.05, 0) is 60.9 Å². The van der Waals surface area contributed by atoms with Gasteiger partial charge < -0.3 is 48.5 Å². The van der Waals surface area contributed by atoms with Crippen molar-refractivity contribution in [3.63, 3.8) is 0 Å². The summed E-state index contributed by atoms with van der Waals surface area (Å²) in [7, 11) is -1.43. The lowest BCUT2D eigenvalue weighted by atomic mass is 9.83. The third-order valence-corrected chi connectivity index (χ3v) is 10.3. The number of aromatic carboxylic acids is 2. The van der Waals surface area contributed by atoms with E-state index in [4.69, 9.17) is 13.8 Å². The highest BCUT2D eigenvalue weighted by Crippen LogP contribution is 2.47. The summed E-state index contributed by atoms with van der Waals surface area (Å²) in [5.41, 5.74) is 3.28. The molecule has 3 aliphatic rings. The number of hydrogen-bond acceptors (Lipinski definition) is 10. The van der Waals surface area contributed by atoms with E-state index >= 15 is 0 Å². The molecule has 0 radical (unpaired) electrons. The SMILES string of the molecule is CC.CN1c2cc3c(cc2C(COP(O)O)=CC1(C)C)C(c1ccc(C(=O)O)cc1C(=O)O)=c1cc2c(cc1O3)=[N+](C)C(C)(C)C=C2COP(O)O. The van der Waals surface area contributed by atoms with Crippen molar-refractivity contribution in [3.05, 3.63) is 98.6 Å². The van der Waals surface area contributed by atoms with Crippen molar-refractivity contribution in [2.24, 2.45) is 0 Å². The average Bonchev–Trinajstić information content (AvgIpc) is 3.08. The molecule has 0 fully saturated rings. The topological polar surface area (TPSA) is 189 Å². The highest BCUT2D eigenvalue weighted by molar-refractivity contribution is 7.39. The molecule has 13 nitrogen and oxygen atoms in total. The minimum Gasteiger partial charge on any atom is -0.478 e. The van der Waals surface area contributed by atoms with Gasteiger partial charge in [0.2, 0.25) is 5.36 Å². The van der Waals surface area contributed by atoms with Crippen molar-refractivity contribution in [2.75, 3.05) is 32.2 Å². The molecule has 3 aliphatic heterocycles. The van der Waals surface area contributed by atoms with Crippen LogP contribution in [0, 0.1) is 0 Å². The number of ether oxygens (including phenoxy) is 1. The third kappa shape index (κ3) is 7.28. The molecular formula is C37H43N2O11P2+. The fraction of sp³-hybridized carbons (Fsp3) is 0.324. The zero-order valence-electron chi connectivity index (χ0n) is 30.1. The van der Waals surface area contributed by atoms with E-state index in [9.17, 15) is 39.4 Å². The largest absolute Gasteiger partial charge is 0.478 e. The number of carbonyl (C=O) groups is 2. The molecule has 0 unspecified atom stereocenters. The van der Waals surface area contributed by atoms with Crippen LogP contribution in [0.3, 0.4) is 0 Å². The monoisotopic (exact) mass is 753 g/mol. The van der Waals surface area contributed by atoms with E-state index in [1.807, 2.05) is 102 Å². The number of carboxylic acid groups (broad SMARTS) is 2. The molecule has 52 heavy (non-hydrogen) atoms. The predicted octanol–water partition coefficient (Wildman–Crippen LogP) is 4.83. The second-order valence-electron chi connectivity index (χ2n) is 13.4. The Labute approximate surface area is 303 Å². The molecule has 3 aromatic carbocycles. The second-order valence-corrected chi connectivity index (χ2v) is 14.9. The number of benzene rings is 3. The van der Waals surface area contributed by atoms with Crippen LogP contribution in [-0.4, -0.2) is 80.1 Å². The van der Waals surface area contributed by atoms with E-state index in [-0.39, 0.29) is 29.9 Å². The molecule has 276 valence electrons. The zero-order valence-corrected chi connectivity index (χ0v) is 31.9. The van der Waals surface area contributed by atoms with Gasteiger partial charge >= 0.3 is 29.1 Å². The highest BCUT2D eigenvalue weighted by Gasteiger charge is 2.36. The van der Waals surface area contributed by atoms with E-state index in [0.717, 1.165) is 17.1 Å². The van der Waals surface area contributed by atoms with Gasteiger partial charge in [-0.15, -0.1) is 0 Å². The zero-order chi connectivity index (χ0) is 38.4. The van der Waals surface area contributed by atoms with Gasteiger partial charge in [-0.1, -0.05) is 26.0 Å². The van der Waals surface area contributed by atoms with Crippen LogP contribution in [-0.2, 0) is 9.05 Å². The Hall–Kier alpha value is -4.03. The molecular weight excluding hydrogens is 710 g/mol. The standard InChI is InChI=1S/C35H36N2O11P2.C2H6/c1-34(2)14-19(16-46-49(42)43)22-10-25-29(12-27(22)36(34)5)48-30-13-28-23(20(17-47-50(44)45)15-35(3,4)37(28)6)11-26(30)31(25)21-8-7-18(32(38)39)9-24(21)33(40)41;1-2/h7-15,42-45H,16-17H2,1-6H3,(H-,38,39,40,41);1-2H3/p+1. The second kappa shape index (κ2) is 14.8. The van der Waals surface area contributed by atoms with Crippen molar-refractivity contribution < 1.29 is 53.2 Å². The number of fused-ring (bicyclic) bond motifs is 4. The van der Waals surface area contributed by atoms with E-state index in [2.05, 4.69) is 0 Å². The summed E-state index contributed by atoms with van der Waals surface area (Å²) in [4.78, 5) is 65.0. The Morgan fingerprint density at radius 1 is 0.788 bits per heavy atom. The maximum atomic E-state index is 12.8. The minimum atomic E-state index is -2.64. The molecule has 0 atom stereocenters. The van der Waals surface area contributed by atoms with Crippen molar-refractivity contribution in [3.8, 4) is 11.5 Å². The van der Waals surface area contributed by atoms with Crippen LogP contribution in [0.1, 0.15) is 84.5 Å². The lowest BCUT2D eigenvalue weighted by Gasteiger charge is -2.41. The highest BCUT2D eigenvalue weighted by atomic mass is 31.2. The first-order chi connectivity index (χ1) is 24.4. The lowest BCUT2D eigenvalue weighted by molar-refractivity contribution is 0.0695. The first kappa shape index (κ1) is 39.2. The van der Waals surface area contributed by atoms with E-state index < -0.39 is 40.2 Å². The average molecular weight is 754 g/mol. The smallest absolute Gasteiger partial charge is 0.336 e. The summed E-state index contributed by atoms with van der Waals surface area (Å²) in [5.74, 6) is -1.76. The van der Waals surface area contributed by atoms with Crippen LogP contribution < -0.4 is 24.8 Å². The van der Waals surface area contributed by atoms with Crippen LogP contribution in [0.2, 0.25) is 0 Å². The Balaban J connectivity index is 0.00000257. The molecule has 0 saturated heterocycles. The number of likely N-dealkylation sites (N-methyl/N-ethyl adjacent to an activating group) is 2. The summed E-state index contributed by atoms with van der Waals surface area (Å²) in [6.07, 6.45) is 3.93. The minimum absolute atomic E-state index is 0.107. The van der Waals surface area contributed by atoms with Gasteiger partial charge in [-0.2, -0.15) is 0 Å². The van der Waals surface area contributed by atoms with Gasteiger partial charge in [-0.25, -0.2) is 14.2 Å². The van der Waals surface area contributed by atoms with Crippen molar-refractivity contribution in [1.29, 1.82) is 0 Å². The molecule has 0 spiro atoms. The maximum Gasteiger partial charge on any atom is 0.336 e. The Morgan fingerprint density at radius 3 is 1.98 bits per heavy atom. The van der Waals surface area contributed by atoms with Crippen LogP contribution >= 0.6 is 17.2 Å². The van der Waals surface area contributed by atoms with Gasteiger partial charge in [0.05, 0.1) is 41.5 Å². The normalized spacial score (nSPS) is 16.5. The fourth-order valence-electron chi connectivity index (χ4n) is 6.71. The molecule has 3 aromatic rings. The number of carboxylic acids is 2. The quantitative estimate of drug-likeness (QED) is 0.101. The molecule has 0 saturated carbocycles. The molecule has 3 heterocycles. The number of rotatable bonds is 9. The summed E-state index contributed by atoms with van der Waals surface area (Å²) >= 11 is 0. The van der Waals surface area contributed by atoms with Gasteiger partial charge in [0.15, 0.2) is 5.54 Å². The van der Waals surface area contributed by atoms with Gasteiger partial charge in [-0.3, -0.25) is 0 Å². The van der Waals surface area contributed by atoms with Crippen molar-refractivity contribution in [2.45, 2.75) is 52.6 Å². The summed E-state index contributed by atoms with van der Waals surface area (Å²) in [6.45, 7) is 11.8. The van der Waals surface area contributed by atoms with Crippen molar-refractivity contribution in [1.82, 2.24) is 4.58 Å². The molecule has 6 rings (SSSR count). The Kier molecular flexibility index (Phi) is 11.1. The molecule has 0 bridgehead atoms. The van der Waals surface area contributed by atoms with E-state index in [1.165, 1.54) is 12.1 Å². The van der Waals surface area contributed by atoms with Gasteiger partial charge in [0.25, 0.3) is 0 Å². The van der Waals surface area contributed by atoms with Crippen LogP contribution in [0.25, 0.3) is 16.7 Å². The lowest BCUT2D eigenvalue weighted by Crippen LogP contribution is -2.47. The van der Waals surface area contributed by atoms with E-state index in [0.29, 0.717) is 50.1 Å². The Morgan fingerprint density at radius 2 is 1.40 bits per heavy atom. The molecule has 0 aliphatic carbocycles. The van der Waals surface area contributed by atoms with Crippen LogP contribution in [0.5, 0.6) is 11.5 Å². The third-order valence-electron chi connectivity index (χ3n) is 9.59. The van der Waals surface area contributed by atoms with Gasteiger partial charge in [0.1, 0.15) is 18.5 Å². The Bertz CT molecular complexity index is 2160. The summed E-state index contributed by atoms with van der Waals surface area (Å²) < 4.78 is 19.2. The number of hydrogen-bond donors (Lipinski definition) is 6. The van der Waals surface area contributed by atoms with Crippen LogP contribution in [0.4, 0.5) is 5.69 Å². The van der Waals surface area contributed by atoms with Crippen molar-refractivity contribution >= 4 is 51.6 Å². The maximum absolute atomic E-state index is 12.8. The fourth-order valence-corrected chi connectivity index (χ4v) is 7.22. The number of nitrogens with zero attached hydrogens (tertiary/aromatic N) is 2. The molecule has 0 amide bonds. The van der Waals surface area contributed by atoms with E-state index in [1.54, 1.807) is 0 Å². The van der Waals surface area contributed by atoms with Gasteiger partial charge in [0, 0.05) is 54.6 Å². The first-order valence-corrected chi connectivity index (χ1v) is 18.8. The number of anilines is 1. The summed E-state index contributed by atoms with van der Waals surface area (Å²) in [5, 5.41) is 21.4. The summed E-state index contributed by atoms with van der Waals surface area (Å²) in [6, 6.07) is 11.3. The first-order valence-electron chi connectivity index (χ1n) is 16.5. The molecule has 6 N–H and O–H groups in total. The molecule has 15 heteroatoms. The molecule has 0 aromatic heterocycles.